The molecule has 23 heavy (non-hydrogen) atoms. The van der Waals surface area contributed by atoms with Gasteiger partial charge in [0.05, 0.1) is 23.7 Å². The summed E-state index contributed by atoms with van der Waals surface area (Å²) in [5, 5.41) is 11.2. The van der Waals surface area contributed by atoms with E-state index in [1.165, 1.54) is 0 Å². The first-order valence-electron chi connectivity index (χ1n) is 7.29. The molecule has 0 unspecified atom stereocenters. The molecule has 1 aromatic carbocycles. The average molecular weight is 332 g/mol. The van der Waals surface area contributed by atoms with Gasteiger partial charge in [-0.2, -0.15) is 0 Å². The van der Waals surface area contributed by atoms with Gasteiger partial charge in [-0.1, -0.05) is 18.2 Å². The first kappa shape index (κ1) is 17.3. The topological polar surface area (TPSA) is 74.5 Å². The van der Waals surface area contributed by atoms with Crippen molar-refractivity contribution in [1.82, 2.24) is 4.98 Å². The molecule has 1 heterocycles. The van der Waals surface area contributed by atoms with Crippen molar-refractivity contribution in [3.05, 3.63) is 69.5 Å². The van der Waals surface area contributed by atoms with E-state index < -0.39 is 8.56 Å². The molecule has 6 nitrogen and oxygen atoms in total. The molecule has 0 N–H and O–H groups in total. The molecule has 0 atom stereocenters. The fourth-order valence-electron chi connectivity index (χ4n) is 2.13. The normalized spacial score (nSPS) is 11.4. The first-order valence-corrected chi connectivity index (χ1v) is 10.1. The fourth-order valence-corrected chi connectivity index (χ4v) is 3.23. The standard InChI is InChI=1S/C16H20N2O4Si/c1-13-6-4-8-15(16(13)18(19)20)12-22-23(2,3)21-11-14-7-5-9-17-10-14/h4-10H,11-12H2,1-3H3. The van der Waals surface area contributed by atoms with Crippen molar-refractivity contribution in [1.29, 1.82) is 0 Å². The molecule has 2 aromatic rings. The summed E-state index contributed by atoms with van der Waals surface area (Å²) >= 11 is 0. The van der Waals surface area contributed by atoms with Crippen LogP contribution in [0.5, 0.6) is 0 Å². The molecule has 2 rings (SSSR count). The Bertz CT molecular complexity index is 677. The largest absolute Gasteiger partial charge is 0.390 e. The van der Waals surface area contributed by atoms with Crippen LogP contribution in [0.1, 0.15) is 16.7 Å². The maximum absolute atomic E-state index is 11.2. The highest BCUT2D eigenvalue weighted by Gasteiger charge is 2.26. The third kappa shape index (κ3) is 4.95. The summed E-state index contributed by atoms with van der Waals surface area (Å²) in [7, 11) is -2.39. The zero-order chi connectivity index (χ0) is 16.9. The second-order valence-electron chi connectivity index (χ2n) is 5.68. The summed E-state index contributed by atoms with van der Waals surface area (Å²) in [5.41, 5.74) is 2.29. The third-order valence-electron chi connectivity index (χ3n) is 3.39. The molecular weight excluding hydrogens is 312 g/mol. The number of pyridine rings is 1. The number of aryl methyl sites for hydroxylation is 1. The van der Waals surface area contributed by atoms with Crippen molar-refractivity contribution in [3.8, 4) is 0 Å². The van der Waals surface area contributed by atoms with Gasteiger partial charge in [-0.15, -0.1) is 0 Å². The van der Waals surface area contributed by atoms with Gasteiger partial charge in [0.1, 0.15) is 0 Å². The lowest BCUT2D eigenvalue weighted by molar-refractivity contribution is -0.386. The molecular formula is C16H20N2O4Si. The molecule has 122 valence electrons. The van der Waals surface area contributed by atoms with Crippen molar-refractivity contribution < 1.29 is 13.8 Å². The van der Waals surface area contributed by atoms with Crippen LogP contribution in [0.2, 0.25) is 13.1 Å². The quantitative estimate of drug-likeness (QED) is 0.439. The number of nitro benzene ring substituents is 1. The van der Waals surface area contributed by atoms with Crippen molar-refractivity contribution >= 4 is 14.2 Å². The number of hydrogen-bond donors (Lipinski definition) is 0. The molecule has 0 amide bonds. The number of para-hydroxylation sites is 1. The van der Waals surface area contributed by atoms with Crippen LogP contribution in [0.4, 0.5) is 5.69 Å². The number of nitrogens with zero attached hydrogens (tertiary/aromatic N) is 2. The Kier molecular flexibility index (Phi) is 5.59. The molecule has 0 bridgehead atoms. The van der Waals surface area contributed by atoms with E-state index in [-0.39, 0.29) is 17.2 Å². The molecule has 0 saturated heterocycles. The number of hydrogen-bond acceptors (Lipinski definition) is 5. The molecule has 0 aliphatic rings. The Balaban J connectivity index is 1.99. The summed E-state index contributed by atoms with van der Waals surface area (Å²) in [6.45, 7) is 6.16. The Morgan fingerprint density at radius 3 is 2.57 bits per heavy atom. The van der Waals surface area contributed by atoms with E-state index in [1.807, 2.05) is 25.2 Å². The van der Waals surface area contributed by atoms with Gasteiger partial charge in [0.15, 0.2) is 0 Å². The SMILES string of the molecule is Cc1cccc(CO[Si](C)(C)OCc2cccnc2)c1[N+](=O)[O-]. The second kappa shape index (κ2) is 7.45. The Hall–Kier alpha value is -2.09. The van der Waals surface area contributed by atoms with Crippen molar-refractivity contribution in [2.24, 2.45) is 0 Å². The van der Waals surface area contributed by atoms with Gasteiger partial charge < -0.3 is 8.85 Å². The van der Waals surface area contributed by atoms with Gasteiger partial charge in [0, 0.05) is 18.0 Å². The predicted octanol–water partition coefficient (Wildman–Crippen LogP) is 3.73. The number of aromatic nitrogens is 1. The summed E-state index contributed by atoms with van der Waals surface area (Å²) < 4.78 is 11.7. The van der Waals surface area contributed by atoms with Crippen LogP contribution in [0, 0.1) is 17.0 Å². The average Bonchev–Trinajstić information content (AvgIpc) is 2.52. The minimum Gasteiger partial charge on any atom is -0.390 e. The molecule has 0 saturated carbocycles. The van der Waals surface area contributed by atoms with Crippen LogP contribution >= 0.6 is 0 Å². The zero-order valence-corrected chi connectivity index (χ0v) is 14.5. The lowest BCUT2D eigenvalue weighted by Crippen LogP contribution is -2.34. The number of benzene rings is 1. The van der Waals surface area contributed by atoms with E-state index in [4.69, 9.17) is 8.85 Å². The minimum absolute atomic E-state index is 0.115. The second-order valence-corrected chi connectivity index (χ2v) is 9.06. The summed E-state index contributed by atoms with van der Waals surface area (Å²) in [5.74, 6) is 0. The van der Waals surface area contributed by atoms with Gasteiger partial charge in [-0.25, -0.2) is 0 Å². The first-order chi connectivity index (χ1) is 10.9. The molecule has 0 aliphatic heterocycles. The van der Waals surface area contributed by atoms with E-state index in [9.17, 15) is 10.1 Å². The highest BCUT2D eigenvalue weighted by molar-refractivity contribution is 6.64. The van der Waals surface area contributed by atoms with Crippen molar-refractivity contribution in [2.45, 2.75) is 33.2 Å². The van der Waals surface area contributed by atoms with Crippen LogP contribution in [-0.2, 0) is 22.1 Å². The minimum atomic E-state index is -2.39. The Morgan fingerprint density at radius 1 is 1.17 bits per heavy atom. The van der Waals surface area contributed by atoms with Crippen LogP contribution < -0.4 is 0 Å². The highest BCUT2D eigenvalue weighted by atomic mass is 28.4. The third-order valence-corrected chi connectivity index (χ3v) is 5.07. The monoisotopic (exact) mass is 332 g/mol. The highest BCUT2D eigenvalue weighted by Crippen LogP contribution is 2.25. The van der Waals surface area contributed by atoms with Crippen molar-refractivity contribution in [2.75, 3.05) is 0 Å². The number of nitro groups is 1. The van der Waals surface area contributed by atoms with Gasteiger partial charge in [-0.3, -0.25) is 15.1 Å². The predicted molar refractivity (Wildman–Crippen MR) is 89.1 cm³/mol. The van der Waals surface area contributed by atoms with E-state index in [1.54, 1.807) is 37.5 Å². The fraction of sp³-hybridized carbons (Fsp3) is 0.312. The zero-order valence-electron chi connectivity index (χ0n) is 13.5. The number of rotatable bonds is 7. The van der Waals surface area contributed by atoms with Crippen LogP contribution in [0.15, 0.2) is 42.7 Å². The van der Waals surface area contributed by atoms with Crippen molar-refractivity contribution in [3.63, 3.8) is 0 Å². The molecule has 0 radical (unpaired) electrons. The summed E-state index contributed by atoms with van der Waals surface area (Å²) in [6.07, 6.45) is 3.45. The lowest BCUT2D eigenvalue weighted by Gasteiger charge is -2.23. The van der Waals surface area contributed by atoms with Gasteiger partial charge >= 0.3 is 8.56 Å². The van der Waals surface area contributed by atoms with E-state index in [0.717, 1.165) is 5.56 Å². The summed E-state index contributed by atoms with van der Waals surface area (Å²) in [4.78, 5) is 14.9. The smallest absolute Gasteiger partial charge is 0.332 e. The molecule has 0 spiro atoms. The van der Waals surface area contributed by atoms with E-state index >= 15 is 0 Å². The van der Waals surface area contributed by atoms with Crippen LogP contribution in [0.3, 0.4) is 0 Å². The summed E-state index contributed by atoms with van der Waals surface area (Å²) in [6, 6.07) is 9.03. The maximum atomic E-state index is 11.2. The maximum Gasteiger partial charge on any atom is 0.332 e. The Labute approximate surface area is 136 Å². The Morgan fingerprint density at radius 2 is 1.91 bits per heavy atom. The van der Waals surface area contributed by atoms with Gasteiger partial charge in [-0.05, 0) is 37.7 Å². The van der Waals surface area contributed by atoms with Gasteiger partial charge in [0.25, 0.3) is 5.69 Å². The van der Waals surface area contributed by atoms with Crippen LogP contribution in [-0.4, -0.2) is 18.5 Å². The van der Waals surface area contributed by atoms with Crippen LogP contribution in [0.25, 0.3) is 0 Å². The molecule has 0 fully saturated rings. The van der Waals surface area contributed by atoms with Gasteiger partial charge in [0.2, 0.25) is 0 Å². The molecule has 1 aromatic heterocycles. The lowest BCUT2D eigenvalue weighted by atomic mass is 10.1. The van der Waals surface area contributed by atoms with E-state index in [0.29, 0.717) is 17.7 Å². The van der Waals surface area contributed by atoms with E-state index in [2.05, 4.69) is 4.98 Å². The molecule has 7 heteroatoms. The molecule has 0 aliphatic carbocycles.